The van der Waals surface area contributed by atoms with Crippen LogP contribution in [0.1, 0.15) is 10.4 Å². The lowest BCUT2D eigenvalue weighted by atomic mass is 10.1. The van der Waals surface area contributed by atoms with Crippen molar-refractivity contribution < 1.29 is 9.90 Å². The highest BCUT2D eigenvalue weighted by molar-refractivity contribution is 9.10. The predicted octanol–water partition coefficient (Wildman–Crippen LogP) is 3.18. The first kappa shape index (κ1) is 14.3. The van der Waals surface area contributed by atoms with Crippen LogP contribution in [0.5, 0.6) is 0 Å². The van der Waals surface area contributed by atoms with Gasteiger partial charge in [-0.2, -0.15) is 0 Å². The zero-order valence-corrected chi connectivity index (χ0v) is 12.8. The number of rotatable bonds is 3. The van der Waals surface area contributed by atoms with Crippen molar-refractivity contribution in [2.75, 3.05) is 5.73 Å². The third kappa shape index (κ3) is 2.58. The van der Waals surface area contributed by atoms with Crippen LogP contribution in [-0.2, 0) is 0 Å². The molecule has 22 heavy (non-hydrogen) atoms. The van der Waals surface area contributed by atoms with Crippen LogP contribution < -0.4 is 5.73 Å². The molecule has 0 amide bonds. The fourth-order valence-corrected chi connectivity index (χ4v) is 2.64. The van der Waals surface area contributed by atoms with Crippen molar-refractivity contribution in [2.24, 2.45) is 0 Å². The van der Waals surface area contributed by atoms with E-state index >= 15 is 0 Å². The topological polar surface area (TPSA) is 105 Å². The second kappa shape index (κ2) is 5.61. The number of carboxylic acids is 1. The van der Waals surface area contributed by atoms with Gasteiger partial charge < -0.3 is 15.8 Å². The summed E-state index contributed by atoms with van der Waals surface area (Å²) in [4.78, 5) is 22.6. The van der Waals surface area contributed by atoms with Gasteiger partial charge in [0.05, 0.1) is 22.6 Å². The lowest BCUT2D eigenvalue weighted by Crippen LogP contribution is -1.96. The minimum Gasteiger partial charge on any atom is -0.478 e. The third-order valence-electron chi connectivity index (χ3n) is 3.14. The van der Waals surface area contributed by atoms with Gasteiger partial charge in [-0.05, 0) is 18.2 Å². The van der Waals surface area contributed by atoms with Gasteiger partial charge in [0.1, 0.15) is 0 Å². The Labute approximate surface area is 134 Å². The molecule has 2 heterocycles. The van der Waals surface area contributed by atoms with Gasteiger partial charge >= 0.3 is 5.97 Å². The maximum atomic E-state index is 11.5. The number of aromatic amines is 1. The van der Waals surface area contributed by atoms with E-state index in [2.05, 4.69) is 30.9 Å². The van der Waals surface area contributed by atoms with Crippen molar-refractivity contribution in [3.8, 4) is 22.6 Å². The first-order valence-corrected chi connectivity index (χ1v) is 7.15. The summed E-state index contributed by atoms with van der Waals surface area (Å²) in [7, 11) is 0. The normalized spacial score (nSPS) is 10.6. The number of carbonyl (C=O) groups is 1. The molecule has 0 spiro atoms. The number of aromatic nitrogens is 3. The highest BCUT2D eigenvalue weighted by Crippen LogP contribution is 2.32. The molecule has 0 unspecified atom stereocenters. The average molecular weight is 359 g/mol. The molecular formula is C15H11BrN4O2. The van der Waals surface area contributed by atoms with Gasteiger partial charge in [-0.25, -0.2) is 14.8 Å². The van der Waals surface area contributed by atoms with Crippen LogP contribution in [0.2, 0.25) is 0 Å². The van der Waals surface area contributed by atoms with E-state index in [1.165, 1.54) is 6.20 Å². The summed E-state index contributed by atoms with van der Waals surface area (Å²) in [6, 6.07) is 10.6. The molecule has 0 aliphatic carbocycles. The summed E-state index contributed by atoms with van der Waals surface area (Å²) in [6.07, 6.45) is 1.52. The SMILES string of the molecule is Nc1nccc(-c2cc(C(=O)O)c(-c3ccccc3Br)[nH]2)n1. The Morgan fingerprint density at radius 2 is 2.05 bits per heavy atom. The summed E-state index contributed by atoms with van der Waals surface area (Å²) >= 11 is 3.43. The molecule has 110 valence electrons. The number of halogens is 1. The molecule has 0 radical (unpaired) electrons. The van der Waals surface area contributed by atoms with Crippen LogP contribution in [0.15, 0.2) is 47.1 Å². The molecule has 0 atom stereocenters. The fraction of sp³-hybridized carbons (Fsp3) is 0. The van der Waals surface area contributed by atoms with E-state index in [1.54, 1.807) is 12.1 Å². The molecule has 7 heteroatoms. The Hall–Kier alpha value is -2.67. The van der Waals surface area contributed by atoms with E-state index in [4.69, 9.17) is 5.73 Å². The van der Waals surface area contributed by atoms with E-state index in [0.717, 1.165) is 10.0 Å². The Balaban J connectivity index is 2.19. The molecule has 0 saturated heterocycles. The Morgan fingerprint density at radius 1 is 1.27 bits per heavy atom. The van der Waals surface area contributed by atoms with Gasteiger partial charge in [0.2, 0.25) is 5.95 Å². The lowest BCUT2D eigenvalue weighted by molar-refractivity contribution is 0.0698. The van der Waals surface area contributed by atoms with Gasteiger partial charge in [0.15, 0.2) is 0 Å². The minimum atomic E-state index is -1.02. The largest absolute Gasteiger partial charge is 0.478 e. The monoisotopic (exact) mass is 358 g/mol. The maximum Gasteiger partial charge on any atom is 0.337 e. The predicted molar refractivity (Wildman–Crippen MR) is 86.3 cm³/mol. The zero-order chi connectivity index (χ0) is 15.7. The summed E-state index contributed by atoms with van der Waals surface area (Å²) in [5.41, 5.74) is 8.11. The summed E-state index contributed by atoms with van der Waals surface area (Å²) < 4.78 is 0.799. The minimum absolute atomic E-state index is 0.131. The number of hydrogen-bond acceptors (Lipinski definition) is 4. The van der Waals surface area contributed by atoms with Gasteiger partial charge in [-0.3, -0.25) is 0 Å². The number of nitrogens with one attached hydrogen (secondary N) is 1. The van der Waals surface area contributed by atoms with E-state index in [-0.39, 0.29) is 11.5 Å². The molecule has 2 aromatic heterocycles. The van der Waals surface area contributed by atoms with Crippen molar-refractivity contribution in [3.63, 3.8) is 0 Å². The maximum absolute atomic E-state index is 11.5. The Morgan fingerprint density at radius 3 is 2.73 bits per heavy atom. The molecule has 4 N–H and O–H groups in total. The highest BCUT2D eigenvalue weighted by atomic mass is 79.9. The molecule has 0 bridgehead atoms. The molecule has 6 nitrogen and oxygen atoms in total. The number of nitrogens with zero attached hydrogens (tertiary/aromatic N) is 2. The Bertz CT molecular complexity index is 860. The van der Waals surface area contributed by atoms with Gasteiger partial charge in [0.25, 0.3) is 0 Å². The lowest BCUT2D eigenvalue weighted by Gasteiger charge is -2.03. The van der Waals surface area contributed by atoms with Crippen molar-refractivity contribution in [2.45, 2.75) is 0 Å². The molecular weight excluding hydrogens is 348 g/mol. The second-order valence-electron chi connectivity index (χ2n) is 4.56. The standard InChI is InChI=1S/C15H11BrN4O2/c16-10-4-2-1-3-8(10)13-9(14(21)22)7-12(19-13)11-5-6-18-15(17)20-11/h1-7,19H,(H,21,22)(H2,17,18,20). The van der Waals surface area contributed by atoms with E-state index in [0.29, 0.717) is 17.1 Å². The van der Waals surface area contributed by atoms with Crippen molar-refractivity contribution in [3.05, 3.63) is 52.6 Å². The molecule has 0 aliphatic rings. The fourth-order valence-electron chi connectivity index (χ4n) is 2.16. The molecule has 0 saturated carbocycles. The van der Waals surface area contributed by atoms with Crippen LogP contribution in [0.4, 0.5) is 5.95 Å². The molecule has 0 aliphatic heterocycles. The molecule has 1 aromatic carbocycles. The van der Waals surface area contributed by atoms with Crippen molar-refractivity contribution >= 4 is 27.8 Å². The molecule has 3 rings (SSSR count). The number of H-pyrrole nitrogens is 1. The Kier molecular flexibility index (Phi) is 3.64. The van der Waals surface area contributed by atoms with Crippen molar-refractivity contribution in [1.82, 2.24) is 15.0 Å². The quantitative estimate of drug-likeness (QED) is 0.666. The summed E-state index contributed by atoms with van der Waals surface area (Å²) in [5.74, 6) is -0.887. The van der Waals surface area contributed by atoms with Crippen LogP contribution >= 0.6 is 15.9 Å². The number of nitrogens with two attached hydrogens (primary N) is 1. The number of nitrogen functional groups attached to an aromatic ring is 1. The first-order chi connectivity index (χ1) is 10.6. The van der Waals surface area contributed by atoms with Gasteiger partial charge in [-0.1, -0.05) is 34.1 Å². The van der Waals surface area contributed by atoms with Crippen molar-refractivity contribution in [1.29, 1.82) is 0 Å². The molecule has 0 fully saturated rings. The second-order valence-corrected chi connectivity index (χ2v) is 5.41. The number of aromatic carboxylic acids is 1. The third-order valence-corrected chi connectivity index (χ3v) is 3.83. The zero-order valence-electron chi connectivity index (χ0n) is 11.2. The van der Waals surface area contributed by atoms with Crippen LogP contribution in [0.25, 0.3) is 22.6 Å². The van der Waals surface area contributed by atoms with Crippen LogP contribution in [-0.4, -0.2) is 26.0 Å². The average Bonchev–Trinajstić information content (AvgIpc) is 2.93. The van der Waals surface area contributed by atoms with E-state index in [1.807, 2.05) is 24.3 Å². The van der Waals surface area contributed by atoms with Gasteiger partial charge in [0, 0.05) is 16.2 Å². The number of carboxylic acid groups (broad SMARTS) is 1. The number of benzene rings is 1. The van der Waals surface area contributed by atoms with Gasteiger partial charge in [-0.15, -0.1) is 0 Å². The number of hydrogen-bond donors (Lipinski definition) is 3. The highest BCUT2D eigenvalue weighted by Gasteiger charge is 2.18. The van der Waals surface area contributed by atoms with Crippen LogP contribution in [0.3, 0.4) is 0 Å². The van der Waals surface area contributed by atoms with E-state index < -0.39 is 5.97 Å². The molecule has 3 aromatic rings. The number of anilines is 1. The summed E-state index contributed by atoms with van der Waals surface area (Å²) in [6.45, 7) is 0. The first-order valence-electron chi connectivity index (χ1n) is 6.36. The van der Waals surface area contributed by atoms with E-state index in [9.17, 15) is 9.90 Å². The summed E-state index contributed by atoms with van der Waals surface area (Å²) in [5, 5.41) is 9.44. The van der Waals surface area contributed by atoms with Crippen LogP contribution in [0, 0.1) is 0 Å². The smallest absolute Gasteiger partial charge is 0.337 e.